The summed E-state index contributed by atoms with van der Waals surface area (Å²) in [5.41, 5.74) is 4.03. The van der Waals surface area contributed by atoms with Gasteiger partial charge in [0.1, 0.15) is 0 Å². The van der Waals surface area contributed by atoms with Crippen LogP contribution in [0.5, 0.6) is 0 Å². The summed E-state index contributed by atoms with van der Waals surface area (Å²) in [5.74, 6) is -0.0733. The Labute approximate surface area is 153 Å². The highest BCUT2D eigenvalue weighted by Gasteiger charge is 2.33. The second-order valence-electron chi connectivity index (χ2n) is 6.98. The van der Waals surface area contributed by atoms with Crippen molar-refractivity contribution in [1.29, 1.82) is 0 Å². The molecule has 1 saturated carbocycles. The van der Waals surface area contributed by atoms with Gasteiger partial charge in [0.2, 0.25) is 0 Å². The fourth-order valence-electron chi connectivity index (χ4n) is 3.56. The van der Waals surface area contributed by atoms with Gasteiger partial charge in [-0.1, -0.05) is 36.4 Å². The number of hydrogen-bond donors (Lipinski definition) is 1. The first kappa shape index (κ1) is 16.6. The van der Waals surface area contributed by atoms with Gasteiger partial charge in [-0.3, -0.25) is 4.79 Å². The molecule has 26 heavy (non-hydrogen) atoms. The minimum atomic E-state index is -0.451. The van der Waals surface area contributed by atoms with Crippen molar-refractivity contribution >= 4 is 17.7 Å². The largest absolute Gasteiger partial charge is 0.468 e. The zero-order valence-electron chi connectivity index (χ0n) is 14.8. The lowest BCUT2D eigenvalue weighted by Crippen LogP contribution is -2.43. The molecule has 0 spiro atoms. The molecule has 2 aliphatic rings. The number of anilines is 1. The van der Waals surface area contributed by atoms with E-state index >= 15 is 0 Å². The number of amides is 2. The van der Waals surface area contributed by atoms with E-state index in [4.69, 9.17) is 4.74 Å². The minimum Gasteiger partial charge on any atom is -0.468 e. The topological polar surface area (TPSA) is 58.6 Å². The Hall–Kier alpha value is -2.82. The molecule has 1 atom stereocenters. The van der Waals surface area contributed by atoms with Crippen LogP contribution < -0.4 is 5.32 Å². The van der Waals surface area contributed by atoms with Gasteiger partial charge in [0.25, 0.3) is 0 Å². The molecule has 1 heterocycles. The van der Waals surface area contributed by atoms with Crippen LogP contribution in [0.2, 0.25) is 0 Å². The Kier molecular flexibility index (Phi) is 4.37. The summed E-state index contributed by atoms with van der Waals surface area (Å²) in [4.78, 5) is 26.6. The van der Waals surface area contributed by atoms with Crippen molar-refractivity contribution in [2.24, 2.45) is 0 Å². The van der Waals surface area contributed by atoms with Gasteiger partial charge in [0, 0.05) is 18.8 Å². The van der Waals surface area contributed by atoms with Crippen LogP contribution in [0.3, 0.4) is 0 Å². The van der Waals surface area contributed by atoms with Gasteiger partial charge in [0.15, 0.2) is 0 Å². The maximum absolute atomic E-state index is 12.7. The van der Waals surface area contributed by atoms with Crippen LogP contribution in [0.15, 0.2) is 48.5 Å². The number of hydrogen-bond acceptors (Lipinski definition) is 3. The molecule has 5 heteroatoms. The molecule has 1 fully saturated rings. The van der Waals surface area contributed by atoms with E-state index < -0.39 is 5.92 Å². The van der Waals surface area contributed by atoms with Crippen molar-refractivity contribution in [3.63, 3.8) is 0 Å². The summed E-state index contributed by atoms with van der Waals surface area (Å²) < 4.78 is 4.94. The molecule has 134 valence electrons. The summed E-state index contributed by atoms with van der Waals surface area (Å²) >= 11 is 0. The lowest BCUT2D eigenvalue weighted by Gasteiger charge is -2.33. The SMILES string of the molecule is COC(=O)C1CN(C(=O)Nc2ccc(C3CC3)cc2)Cc2ccccc21. The maximum atomic E-state index is 12.7. The summed E-state index contributed by atoms with van der Waals surface area (Å²) in [6, 6.07) is 15.6. The first-order valence-electron chi connectivity index (χ1n) is 8.97. The summed E-state index contributed by atoms with van der Waals surface area (Å²) in [7, 11) is 1.38. The monoisotopic (exact) mass is 350 g/mol. The van der Waals surface area contributed by atoms with E-state index in [1.165, 1.54) is 25.5 Å². The van der Waals surface area contributed by atoms with Crippen LogP contribution in [-0.2, 0) is 16.1 Å². The molecule has 2 aromatic carbocycles. The van der Waals surface area contributed by atoms with Crippen molar-refractivity contribution in [1.82, 2.24) is 4.90 Å². The number of methoxy groups -OCH3 is 1. The Bertz CT molecular complexity index is 827. The molecular weight excluding hydrogens is 328 g/mol. The second kappa shape index (κ2) is 6.83. The average molecular weight is 350 g/mol. The Balaban J connectivity index is 1.49. The van der Waals surface area contributed by atoms with Crippen LogP contribution in [0.1, 0.15) is 41.4 Å². The van der Waals surface area contributed by atoms with Gasteiger partial charge in [-0.2, -0.15) is 0 Å². The van der Waals surface area contributed by atoms with E-state index in [0.717, 1.165) is 16.8 Å². The van der Waals surface area contributed by atoms with Gasteiger partial charge >= 0.3 is 12.0 Å². The lowest BCUT2D eigenvalue weighted by atomic mass is 9.90. The number of fused-ring (bicyclic) bond motifs is 1. The van der Waals surface area contributed by atoms with E-state index in [2.05, 4.69) is 17.4 Å². The Morgan fingerprint density at radius 2 is 1.81 bits per heavy atom. The molecule has 1 N–H and O–H groups in total. The summed E-state index contributed by atoms with van der Waals surface area (Å²) in [5, 5.41) is 2.94. The minimum absolute atomic E-state index is 0.201. The molecule has 0 radical (unpaired) electrons. The summed E-state index contributed by atoms with van der Waals surface area (Å²) in [6.07, 6.45) is 2.52. The predicted octanol–water partition coefficient (Wildman–Crippen LogP) is 3.87. The smallest absolute Gasteiger partial charge is 0.322 e. The lowest BCUT2D eigenvalue weighted by molar-refractivity contribution is -0.143. The first-order valence-corrected chi connectivity index (χ1v) is 8.97. The van der Waals surface area contributed by atoms with Crippen LogP contribution in [0.4, 0.5) is 10.5 Å². The zero-order valence-corrected chi connectivity index (χ0v) is 14.8. The van der Waals surface area contributed by atoms with Crippen LogP contribution >= 0.6 is 0 Å². The number of ether oxygens (including phenoxy) is 1. The Morgan fingerprint density at radius 1 is 1.08 bits per heavy atom. The van der Waals surface area contributed by atoms with Gasteiger partial charge in [-0.05, 0) is 47.6 Å². The molecule has 0 bridgehead atoms. The quantitative estimate of drug-likeness (QED) is 0.855. The average Bonchev–Trinajstić information content (AvgIpc) is 3.52. The fourth-order valence-corrected chi connectivity index (χ4v) is 3.56. The van der Waals surface area contributed by atoms with E-state index in [0.29, 0.717) is 19.0 Å². The molecule has 1 unspecified atom stereocenters. The molecule has 4 rings (SSSR count). The molecule has 0 saturated heterocycles. The second-order valence-corrected chi connectivity index (χ2v) is 6.98. The number of benzene rings is 2. The summed E-state index contributed by atoms with van der Waals surface area (Å²) in [6.45, 7) is 0.797. The van der Waals surface area contributed by atoms with Crippen molar-refractivity contribution in [3.05, 3.63) is 65.2 Å². The standard InChI is InChI=1S/C21H22N2O3/c1-26-20(24)19-13-23(12-16-4-2-3-5-18(16)19)21(25)22-17-10-8-15(9-11-17)14-6-7-14/h2-5,8-11,14,19H,6-7,12-13H2,1H3,(H,22,25). The molecular formula is C21H22N2O3. The van der Waals surface area contributed by atoms with E-state index in [9.17, 15) is 9.59 Å². The van der Waals surface area contributed by atoms with E-state index in [1.54, 1.807) is 4.90 Å². The highest BCUT2D eigenvalue weighted by atomic mass is 16.5. The molecule has 1 aliphatic heterocycles. The molecule has 0 aromatic heterocycles. The van der Waals surface area contributed by atoms with Crippen molar-refractivity contribution in [2.45, 2.75) is 31.2 Å². The van der Waals surface area contributed by atoms with Crippen LogP contribution in [0.25, 0.3) is 0 Å². The number of rotatable bonds is 3. The van der Waals surface area contributed by atoms with Gasteiger partial charge in [-0.15, -0.1) is 0 Å². The van der Waals surface area contributed by atoms with Crippen molar-refractivity contribution in [3.8, 4) is 0 Å². The number of carbonyl (C=O) groups excluding carboxylic acids is 2. The first-order chi connectivity index (χ1) is 12.7. The van der Waals surface area contributed by atoms with Crippen molar-refractivity contribution in [2.75, 3.05) is 19.0 Å². The number of nitrogens with one attached hydrogen (secondary N) is 1. The van der Waals surface area contributed by atoms with Gasteiger partial charge in [-0.25, -0.2) is 4.79 Å². The molecule has 5 nitrogen and oxygen atoms in total. The third kappa shape index (κ3) is 3.29. The van der Waals surface area contributed by atoms with Crippen molar-refractivity contribution < 1.29 is 14.3 Å². The van der Waals surface area contributed by atoms with E-state index in [-0.39, 0.29) is 12.0 Å². The highest BCUT2D eigenvalue weighted by molar-refractivity contribution is 5.90. The highest BCUT2D eigenvalue weighted by Crippen LogP contribution is 2.40. The van der Waals surface area contributed by atoms with Crippen LogP contribution in [0, 0.1) is 0 Å². The number of urea groups is 1. The fraction of sp³-hybridized carbons (Fsp3) is 0.333. The number of nitrogens with zero attached hydrogens (tertiary/aromatic N) is 1. The van der Waals surface area contributed by atoms with Gasteiger partial charge < -0.3 is 15.0 Å². The third-order valence-electron chi connectivity index (χ3n) is 5.18. The molecule has 2 amide bonds. The van der Waals surface area contributed by atoms with E-state index in [1.807, 2.05) is 36.4 Å². The normalized spacial score (nSPS) is 18.8. The third-order valence-corrected chi connectivity index (χ3v) is 5.18. The van der Waals surface area contributed by atoms with Gasteiger partial charge in [0.05, 0.1) is 13.0 Å². The Morgan fingerprint density at radius 3 is 2.50 bits per heavy atom. The maximum Gasteiger partial charge on any atom is 0.322 e. The number of esters is 1. The molecule has 2 aromatic rings. The predicted molar refractivity (Wildman–Crippen MR) is 99.0 cm³/mol. The van der Waals surface area contributed by atoms with Crippen LogP contribution in [-0.4, -0.2) is 30.6 Å². The molecule has 1 aliphatic carbocycles. The zero-order chi connectivity index (χ0) is 18.1. The number of carbonyl (C=O) groups is 2.